The maximum atomic E-state index is 12.3. The molecule has 0 aromatic rings. The summed E-state index contributed by atoms with van der Waals surface area (Å²) in [6.07, 6.45) is 5.18. The fourth-order valence-electron chi connectivity index (χ4n) is 3.87. The molecule has 3 fully saturated rings. The van der Waals surface area contributed by atoms with E-state index in [0.29, 0.717) is 18.4 Å². The molecule has 0 saturated carbocycles. The van der Waals surface area contributed by atoms with Gasteiger partial charge in [0.15, 0.2) is 0 Å². The molecule has 0 spiro atoms. The van der Waals surface area contributed by atoms with Crippen molar-refractivity contribution in [2.45, 2.75) is 32.1 Å². The third kappa shape index (κ3) is 4.67. The fourth-order valence-corrected chi connectivity index (χ4v) is 3.87. The lowest BCUT2D eigenvalue weighted by molar-refractivity contribution is -0.131. The summed E-state index contributed by atoms with van der Waals surface area (Å²) in [5.74, 6) is 0.622. The maximum Gasteiger partial charge on any atom is 0.236 e. The highest BCUT2D eigenvalue weighted by atomic mass is 16.2. The summed E-state index contributed by atoms with van der Waals surface area (Å²) in [4.78, 5) is 32.7. The molecular formula is C17H30N4O2. The van der Waals surface area contributed by atoms with Crippen LogP contribution in [0.1, 0.15) is 32.1 Å². The smallest absolute Gasteiger partial charge is 0.236 e. The standard InChI is InChI=1S/C17H30N4O2/c22-16-5-3-10-21(16)14-13-18-6-4-7-19(12-11-18)15-17(23)20-8-1-2-9-20/h1-15H2. The fraction of sp³-hybridized carbons (Fsp3) is 0.882. The van der Waals surface area contributed by atoms with E-state index in [4.69, 9.17) is 0 Å². The van der Waals surface area contributed by atoms with Crippen LogP contribution < -0.4 is 0 Å². The van der Waals surface area contributed by atoms with Crippen LogP contribution in [-0.2, 0) is 9.59 Å². The second-order valence-corrected chi connectivity index (χ2v) is 7.04. The number of rotatable bonds is 5. The molecule has 0 aromatic carbocycles. The first kappa shape index (κ1) is 16.7. The Morgan fingerprint density at radius 3 is 2.26 bits per heavy atom. The summed E-state index contributed by atoms with van der Waals surface area (Å²) in [6, 6.07) is 0. The average Bonchev–Trinajstić information content (AvgIpc) is 3.16. The van der Waals surface area contributed by atoms with Gasteiger partial charge in [-0.2, -0.15) is 0 Å². The van der Waals surface area contributed by atoms with Gasteiger partial charge in [-0.1, -0.05) is 0 Å². The topological polar surface area (TPSA) is 47.1 Å². The molecule has 0 N–H and O–H groups in total. The van der Waals surface area contributed by atoms with Crippen molar-refractivity contribution in [1.82, 2.24) is 19.6 Å². The van der Waals surface area contributed by atoms with Gasteiger partial charge in [-0.15, -0.1) is 0 Å². The van der Waals surface area contributed by atoms with E-state index >= 15 is 0 Å². The van der Waals surface area contributed by atoms with Crippen molar-refractivity contribution in [3.63, 3.8) is 0 Å². The molecule has 3 aliphatic rings. The second kappa shape index (κ2) is 8.11. The largest absolute Gasteiger partial charge is 0.342 e. The normalized spacial score (nSPS) is 24.4. The molecule has 130 valence electrons. The van der Waals surface area contributed by atoms with E-state index in [2.05, 4.69) is 9.80 Å². The van der Waals surface area contributed by atoms with Crippen molar-refractivity contribution in [3.05, 3.63) is 0 Å². The minimum atomic E-state index is 0.304. The number of carbonyl (C=O) groups excluding carboxylic acids is 2. The van der Waals surface area contributed by atoms with Crippen molar-refractivity contribution < 1.29 is 9.59 Å². The monoisotopic (exact) mass is 322 g/mol. The molecule has 3 heterocycles. The Hall–Kier alpha value is -1.14. The number of nitrogens with zero attached hydrogens (tertiary/aromatic N) is 4. The molecule has 0 unspecified atom stereocenters. The number of hydrogen-bond donors (Lipinski definition) is 0. The third-order valence-corrected chi connectivity index (χ3v) is 5.36. The second-order valence-electron chi connectivity index (χ2n) is 7.04. The molecule has 0 radical (unpaired) electrons. The average molecular weight is 322 g/mol. The Kier molecular flexibility index (Phi) is 5.89. The van der Waals surface area contributed by atoms with Gasteiger partial charge in [-0.3, -0.25) is 14.5 Å². The number of likely N-dealkylation sites (tertiary alicyclic amines) is 2. The molecule has 0 aliphatic carbocycles. The van der Waals surface area contributed by atoms with Crippen LogP contribution in [0.2, 0.25) is 0 Å². The first-order chi connectivity index (χ1) is 11.2. The van der Waals surface area contributed by atoms with Crippen LogP contribution in [0.25, 0.3) is 0 Å². The van der Waals surface area contributed by atoms with Gasteiger partial charge in [-0.25, -0.2) is 0 Å². The summed E-state index contributed by atoms with van der Waals surface area (Å²) < 4.78 is 0. The first-order valence-electron chi connectivity index (χ1n) is 9.22. The van der Waals surface area contributed by atoms with Crippen molar-refractivity contribution in [2.75, 3.05) is 65.4 Å². The van der Waals surface area contributed by atoms with E-state index in [1.54, 1.807) is 0 Å². The summed E-state index contributed by atoms with van der Waals surface area (Å²) in [5.41, 5.74) is 0. The van der Waals surface area contributed by atoms with Crippen LogP contribution in [0.5, 0.6) is 0 Å². The summed E-state index contributed by atoms with van der Waals surface area (Å²) in [5, 5.41) is 0. The Balaban J connectivity index is 1.38. The van der Waals surface area contributed by atoms with Crippen molar-refractivity contribution >= 4 is 11.8 Å². The molecular weight excluding hydrogens is 292 g/mol. The highest BCUT2D eigenvalue weighted by Crippen LogP contribution is 2.11. The summed E-state index contributed by atoms with van der Waals surface area (Å²) in [6.45, 7) is 9.32. The van der Waals surface area contributed by atoms with Gasteiger partial charge < -0.3 is 14.7 Å². The third-order valence-electron chi connectivity index (χ3n) is 5.36. The Morgan fingerprint density at radius 2 is 1.52 bits per heavy atom. The van der Waals surface area contributed by atoms with Crippen molar-refractivity contribution in [3.8, 4) is 0 Å². The minimum Gasteiger partial charge on any atom is -0.342 e. The van der Waals surface area contributed by atoms with Crippen LogP contribution in [0.15, 0.2) is 0 Å². The lowest BCUT2D eigenvalue weighted by atomic mass is 10.3. The van der Waals surface area contributed by atoms with Crippen molar-refractivity contribution in [1.29, 1.82) is 0 Å². The van der Waals surface area contributed by atoms with Crippen LogP contribution in [-0.4, -0.2) is 96.9 Å². The van der Waals surface area contributed by atoms with Gasteiger partial charge in [0.05, 0.1) is 6.54 Å². The number of carbonyl (C=O) groups is 2. The Morgan fingerprint density at radius 1 is 0.783 bits per heavy atom. The molecule has 3 rings (SSSR count). The summed E-state index contributed by atoms with van der Waals surface area (Å²) in [7, 11) is 0. The van der Waals surface area contributed by atoms with E-state index in [1.165, 1.54) is 0 Å². The van der Waals surface area contributed by atoms with Gasteiger partial charge in [0.1, 0.15) is 0 Å². The Labute approximate surface area is 139 Å². The molecule has 2 amide bonds. The van der Waals surface area contributed by atoms with Crippen LogP contribution >= 0.6 is 0 Å². The van der Waals surface area contributed by atoms with Gasteiger partial charge in [-0.05, 0) is 38.8 Å². The zero-order valence-corrected chi connectivity index (χ0v) is 14.2. The minimum absolute atomic E-state index is 0.304. The maximum absolute atomic E-state index is 12.3. The van der Waals surface area contributed by atoms with Crippen LogP contribution in [0.4, 0.5) is 0 Å². The van der Waals surface area contributed by atoms with E-state index in [9.17, 15) is 9.59 Å². The molecule has 3 saturated heterocycles. The van der Waals surface area contributed by atoms with E-state index in [0.717, 1.165) is 91.0 Å². The number of hydrogen-bond acceptors (Lipinski definition) is 4. The Bertz CT molecular complexity index is 423. The van der Waals surface area contributed by atoms with Gasteiger partial charge in [0.25, 0.3) is 0 Å². The molecule has 0 atom stereocenters. The first-order valence-corrected chi connectivity index (χ1v) is 9.22. The van der Waals surface area contributed by atoms with Crippen molar-refractivity contribution in [2.24, 2.45) is 0 Å². The van der Waals surface area contributed by atoms with E-state index < -0.39 is 0 Å². The highest BCUT2D eigenvalue weighted by molar-refractivity contribution is 5.78. The lowest BCUT2D eigenvalue weighted by Crippen LogP contribution is -2.41. The zero-order chi connectivity index (χ0) is 16.1. The quantitative estimate of drug-likeness (QED) is 0.727. The van der Waals surface area contributed by atoms with Gasteiger partial charge in [0, 0.05) is 52.2 Å². The van der Waals surface area contributed by atoms with Crippen LogP contribution in [0.3, 0.4) is 0 Å². The number of amides is 2. The predicted molar refractivity (Wildman–Crippen MR) is 89.1 cm³/mol. The molecule has 6 nitrogen and oxygen atoms in total. The predicted octanol–water partition coefficient (Wildman–Crippen LogP) is 0.239. The summed E-state index contributed by atoms with van der Waals surface area (Å²) >= 11 is 0. The lowest BCUT2D eigenvalue weighted by Gasteiger charge is -2.25. The van der Waals surface area contributed by atoms with E-state index in [1.807, 2.05) is 9.80 Å². The zero-order valence-electron chi connectivity index (χ0n) is 14.2. The molecule has 23 heavy (non-hydrogen) atoms. The molecule has 3 aliphatic heterocycles. The van der Waals surface area contributed by atoms with E-state index in [-0.39, 0.29) is 0 Å². The van der Waals surface area contributed by atoms with Gasteiger partial charge in [0.2, 0.25) is 11.8 Å². The molecule has 0 bridgehead atoms. The molecule has 6 heteroatoms. The SMILES string of the molecule is O=C1CCCN1CCN1CCCN(CC(=O)N2CCCC2)CC1. The highest BCUT2D eigenvalue weighted by Gasteiger charge is 2.23. The van der Waals surface area contributed by atoms with Crippen LogP contribution in [0, 0.1) is 0 Å². The van der Waals surface area contributed by atoms with Gasteiger partial charge >= 0.3 is 0 Å². The molecule has 0 aromatic heterocycles.